The van der Waals surface area contributed by atoms with Gasteiger partial charge >= 0.3 is 0 Å². The number of carbonyl (C=O) groups excluding carboxylic acids is 1. The molecule has 18 heavy (non-hydrogen) atoms. The van der Waals surface area contributed by atoms with E-state index in [4.69, 9.17) is 16.3 Å². The minimum atomic E-state index is -0.196. The van der Waals surface area contributed by atoms with Crippen molar-refractivity contribution in [3.8, 4) is 0 Å². The van der Waals surface area contributed by atoms with Gasteiger partial charge in [0.2, 0.25) is 5.91 Å². The standard InChI is InChI=1S/C12H16ClN3O2/c1-6-7(2)18-8(3)9(6)12(17)16-11-10(13)14-4-5-15-11/h4-9H,1-3H3,(H,15,16,17). The van der Waals surface area contributed by atoms with Crippen LogP contribution >= 0.6 is 11.6 Å². The van der Waals surface area contributed by atoms with Gasteiger partial charge in [-0.3, -0.25) is 4.79 Å². The summed E-state index contributed by atoms with van der Waals surface area (Å²) >= 11 is 5.86. The Bertz CT molecular complexity index is 455. The number of ether oxygens (including phenoxy) is 1. The van der Waals surface area contributed by atoms with Gasteiger partial charge < -0.3 is 10.1 Å². The summed E-state index contributed by atoms with van der Waals surface area (Å²) in [4.78, 5) is 20.1. The number of hydrogen-bond donors (Lipinski definition) is 1. The molecule has 1 aromatic heterocycles. The fourth-order valence-corrected chi connectivity index (χ4v) is 2.48. The Morgan fingerprint density at radius 2 is 1.94 bits per heavy atom. The van der Waals surface area contributed by atoms with Crippen LogP contribution in [0.1, 0.15) is 20.8 Å². The van der Waals surface area contributed by atoms with Gasteiger partial charge in [0.1, 0.15) is 0 Å². The average molecular weight is 270 g/mol. The maximum Gasteiger partial charge on any atom is 0.231 e. The number of aromatic nitrogens is 2. The maximum atomic E-state index is 12.2. The quantitative estimate of drug-likeness (QED) is 0.893. The van der Waals surface area contributed by atoms with E-state index < -0.39 is 0 Å². The van der Waals surface area contributed by atoms with E-state index in [0.717, 1.165) is 0 Å². The number of amides is 1. The predicted molar refractivity (Wildman–Crippen MR) is 68.3 cm³/mol. The van der Waals surface area contributed by atoms with E-state index in [9.17, 15) is 4.79 Å². The van der Waals surface area contributed by atoms with Crippen molar-refractivity contribution < 1.29 is 9.53 Å². The zero-order chi connectivity index (χ0) is 13.3. The molecule has 0 spiro atoms. The fourth-order valence-electron chi connectivity index (χ4n) is 2.32. The summed E-state index contributed by atoms with van der Waals surface area (Å²) in [6.07, 6.45) is 2.94. The largest absolute Gasteiger partial charge is 0.374 e. The van der Waals surface area contributed by atoms with Crippen LogP contribution in [0, 0.1) is 11.8 Å². The zero-order valence-electron chi connectivity index (χ0n) is 10.6. The van der Waals surface area contributed by atoms with Crippen LogP contribution in [0.2, 0.25) is 5.15 Å². The maximum absolute atomic E-state index is 12.2. The first kappa shape index (κ1) is 13.2. The third-order valence-electron chi connectivity index (χ3n) is 3.44. The van der Waals surface area contributed by atoms with Crippen LogP contribution in [-0.2, 0) is 9.53 Å². The summed E-state index contributed by atoms with van der Waals surface area (Å²) in [6.45, 7) is 5.89. The first-order valence-corrected chi connectivity index (χ1v) is 6.31. The number of rotatable bonds is 2. The minimum absolute atomic E-state index is 0.0769. The molecular formula is C12H16ClN3O2. The van der Waals surface area contributed by atoms with E-state index in [-0.39, 0.29) is 35.1 Å². The molecule has 1 aliphatic rings. The molecule has 2 rings (SSSR count). The fraction of sp³-hybridized carbons (Fsp3) is 0.583. The van der Waals surface area contributed by atoms with Crippen molar-refractivity contribution in [1.29, 1.82) is 0 Å². The summed E-state index contributed by atoms with van der Waals surface area (Å²) in [6, 6.07) is 0. The molecule has 1 aromatic rings. The molecule has 4 atom stereocenters. The number of halogens is 1. The second-order valence-corrected chi connectivity index (χ2v) is 4.97. The van der Waals surface area contributed by atoms with Crippen LogP contribution in [0.25, 0.3) is 0 Å². The summed E-state index contributed by atoms with van der Waals surface area (Å²) in [5, 5.41) is 2.90. The zero-order valence-corrected chi connectivity index (χ0v) is 11.3. The van der Waals surface area contributed by atoms with Crippen LogP contribution < -0.4 is 5.32 Å². The molecule has 4 unspecified atom stereocenters. The van der Waals surface area contributed by atoms with Gasteiger partial charge in [-0.2, -0.15) is 0 Å². The lowest BCUT2D eigenvalue weighted by Gasteiger charge is -2.17. The molecule has 5 nitrogen and oxygen atoms in total. The Morgan fingerprint density at radius 3 is 2.50 bits per heavy atom. The number of anilines is 1. The van der Waals surface area contributed by atoms with Crippen molar-refractivity contribution in [3.05, 3.63) is 17.5 Å². The highest BCUT2D eigenvalue weighted by Gasteiger charge is 2.41. The normalized spacial score (nSPS) is 31.3. The van der Waals surface area contributed by atoms with Crippen LogP contribution in [0.3, 0.4) is 0 Å². The summed E-state index contributed by atoms with van der Waals surface area (Å²) in [7, 11) is 0. The highest BCUT2D eigenvalue weighted by molar-refractivity contribution is 6.32. The molecule has 6 heteroatoms. The Hall–Kier alpha value is -1.20. The number of nitrogens with one attached hydrogen (secondary N) is 1. The lowest BCUT2D eigenvalue weighted by atomic mass is 9.89. The Balaban J connectivity index is 2.11. The van der Waals surface area contributed by atoms with Gasteiger partial charge in [-0.05, 0) is 19.8 Å². The molecule has 0 saturated carbocycles. The molecule has 1 aliphatic heterocycles. The molecule has 2 heterocycles. The van der Waals surface area contributed by atoms with E-state index in [0.29, 0.717) is 5.82 Å². The molecule has 1 saturated heterocycles. The van der Waals surface area contributed by atoms with Gasteiger partial charge in [0, 0.05) is 12.4 Å². The average Bonchev–Trinajstić information content (AvgIpc) is 2.56. The van der Waals surface area contributed by atoms with E-state index in [1.165, 1.54) is 12.4 Å². The summed E-state index contributed by atoms with van der Waals surface area (Å²) in [5.41, 5.74) is 0. The van der Waals surface area contributed by atoms with Gasteiger partial charge in [-0.25, -0.2) is 9.97 Å². The second-order valence-electron chi connectivity index (χ2n) is 4.62. The van der Waals surface area contributed by atoms with E-state index >= 15 is 0 Å². The third kappa shape index (κ3) is 2.47. The van der Waals surface area contributed by atoms with E-state index in [1.54, 1.807) is 0 Å². The number of nitrogens with zero attached hydrogens (tertiary/aromatic N) is 2. The van der Waals surface area contributed by atoms with Crippen LogP contribution in [0.15, 0.2) is 12.4 Å². The molecular weight excluding hydrogens is 254 g/mol. The highest BCUT2D eigenvalue weighted by Crippen LogP contribution is 2.33. The highest BCUT2D eigenvalue weighted by atomic mass is 35.5. The lowest BCUT2D eigenvalue weighted by molar-refractivity contribution is -0.122. The number of hydrogen-bond acceptors (Lipinski definition) is 4. The van der Waals surface area contributed by atoms with Crippen molar-refractivity contribution in [2.24, 2.45) is 11.8 Å². The van der Waals surface area contributed by atoms with Gasteiger partial charge in [0.25, 0.3) is 0 Å². The molecule has 1 amide bonds. The first-order valence-electron chi connectivity index (χ1n) is 5.93. The predicted octanol–water partition coefficient (Wildman–Crippen LogP) is 2.13. The SMILES string of the molecule is CC1OC(C)C(C(=O)Nc2nccnc2Cl)C1C. The van der Waals surface area contributed by atoms with Crippen LogP contribution in [0.5, 0.6) is 0 Å². The molecule has 1 fully saturated rings. The van der Waals surface area contributed by atoms with Crippen molar-refractivity contribution in [2.75, 3.05) is 5.32 Å². The minimum Gasteiger partial charge on any atom is -0.374 e. The molecule has 0 aliphatic carbocycles. The monoisotopic (exact) mass is 269 g/mol. The van der Waals surface area contributed by atoms with Crippen LogP contribution in [-0.4, -0.2) is 28.1 Å². The van der Waals surface area contributed by atoms with E-state index in [1.807, 2.05) is 20.8 Å². The van der Waals surface area contributed by atoms with Gasteiger partial charge in [-0.15, -0.1) is 0 Å². The van der Waals surface area contributed by atoms with Crippen molar-refractivity contribution in [2.45, 2.75) is 33.0 Å². The Labute approximate surface area is 111 Å². The third-order valence-corrected chi connectivity index (χ3v) is 3.72. The van der Waals surface area contributed by atoms with Gasteiger partial charge in [0.05, 0.1) is 18.1 Å². The van der Waals surface area contributed by atoms with Crippen molar-refractivity contribution in [3.63, 3.8) is 0 Å². The molecule has 98 valence electrons. The van der Waals surface area contributed by atoms with Crippen LogP contribution in [0.4, 0.5) is 5.82 Å². The summed E-state index contributed by atoms with van der Waals surface area (Å²) < 4.78 is 5.65. The van der Waals surface area contributed by atoms with E-state index in [2.05, 4.69) is 15.3 Å². The number of carbonyl (C=O) groups is 1. The molecule has 0 bridgehead atoms. The second kappa shape index (κ2) is 5.20. The van der Waals surface area contributed by atoms with Gasteiger partial charge in [0.15, 0.2) is 11.0 Å². The van der Waals surface area contributed by atoms with Gasteiger partial charge in [-0.1, -0.05) is 18.5 Å². The van der Waals surface area contributed by atoms with Crippen molar-refractivity contribution in [1.82, 2.24) is 9.97 Å². The smallest absolute Gasteiger partial charge is 0.231 e. The molecule has 0 radical (unpaired) electrons. The summed E-state index contributed by atoms with van der Waals surface area (Å²) in [5.74, 6) is 0.137. The Morgan fingerprint density at radius 1 is 1.28 bits per heavy atom. The Kier molecular flexibility index (Phi) is 3.82. The molecule has 0 aromatic carbocycles. The first-order chi connectivity index (χ1) is 8.50. The van der Waals surface area contributed by atoms with Crippen molar-refractivity contribution >= 4 is 23.3 Å². The topological polar surface area (TPSA) is 64.1 Å². The lowest BCUT2D eigenvalue weighted by Crippen LogP contribution is -2.32. The molecule has 1 N–H and O–H groups in total.